The Balaban J connectivity index is 2.24. The smallest absolute Gasteiger partial charge is 0.345 e. The van der Waals surface area contributed by atoms with E-state index in [1.807, 2.05) is 19.1 Å². The number of hydrogen-bond acceptors (Lipinski definition) is 5. The van der Waals surface area contributed by atoms with Gasteiger partial charge in [0.25, 0.3) is 5.69 Å². The normalized spacial score (nSPS) is 10.2. The van der Waals surface area contributed by atoms with Gasteiger partial charge in [0.05, 0.1) is 12.0 Å². The first-order valence-electron chi connectivity index (χ1n) is 6.98. The van der Waals surface area contributed by atoms with Gasteiger partial charge in [-0.15, -0.1) is 0 Å². The van der Waals surface area contributed by atoms with E-state index in [4.69, 9.17) is 9.47 Å². The molecular formula is C17H17NO5. The molecule has 0 spiro atoms. The summed E-state index contributed by atoms with van der Waals surface area (Å²) in [5.41, 5.74) is 1.92. The average molecular weight is 315 g/mol. The Bertz CT molecular complexity index is 755. The lowest BCUT2D eigenvalue weighted by Gasteiger charge is -2.11. The van der Waals surface area contributed by atoms with Crippen molar-refractivity contribution in [1.29, 1.82) is 0 Å². The van der Waals surface area contributed by atoms with E-state index in [0.29, 0.717) is 16.9 Å². The van der Waals surface area contributed by atoms with Crippen molar-refractivity contribution < 1.29 is 19.2 Å². The third-order valence-corrected chi connectivity index (χ3v) is 3.45. The molecule has 0 aliphatic carbocycles. The topological polar surface area (TPSA) is 78.7 Å². The summed E-state index contributed by atoms with van der Waals surface area (Å²) >= 11 is 0. The largest absolute Gasteiger partial charge is 0.496 e. The number of aryl methyl sites for hydroxylation is 2. The van der Waals surface area contributed by atoms with E-state index in [1.54, 1.807) is 19.1 Å². The molecule has 6 nitrogen and oxygen atoms in total. The Morgan fingerprint density at radius 3 is 2.61 bits per heavy atom. The number of hydrogen-bond donors (Lipinski definition) is 0. The predicted molar refractivity (Wildman–Crippen MR) is 84.7 cm³/mol. The molecule has 0 fully saturated rings. The van der Waals surface area contributed by atoms with Gasteiger partial charge in [0, 0.05) is 11.6 Å². The van der Waals surface area contributed by atoms with E-state index in [2.05, 4.69) is 0 Å². The molecule has 0 unspecified atom stereocenters. The number of benzene rings is 2. The second kappa shape index (κ2) is 6.91. The minimum Gasteiger partial charge on any atom is -0.496 e. The summed E-state index contributed by atoms with van der Waals surface area (Å²) in [6, 6.07) is 9.98. The Hall–Kier alpha value is -2.89. The SMILES string of the molecule is COc1ccc(C)cc1COC(=O)c1c(C)cccc1[N+](=O)[O-]. The molecule has 0 aliphatic rings. The molecule has 0 saturated carbocycles. The molecule has 0 bridgehead atoms. The summed E-state index contributed by atoms with van der Waals surface area (Å²) in [7, 11) is 1.53. The molecule has 2 aromatic carbocycles. The van der Waals surface area contributed by atoms with Crippen molar-refractivity contribution in [2.75, 3.05) is 7.11 Å². The zero-order chi connectivity index (χ0) is 17.0. The fourth-order valence-electron chi connectivity index (χ4n) is 2.31. The Kier molecular flexibility index (Phi) is 4.95. The van der Waals surface area contributed by atoms with Crippen LogP contribution < -0.4 is 4.74 Å². The standard InChI is InChI=1S/C17H17NO5/c1-11-7-8-15(22-3)13(9-11)10-23-17(19)16-12(2)5-4-6-14(16)18(20)21/h4-9H,10H2,1-3H3. The monoisotopic (exact) mass is 315 g/mol. The second-order valence-corrected chi connectivity index (χ2v) is 5.12. The summed E-state index contributed by atoms with van der Waals surface area (Å²) < 4.78 is 10.5. The second-order valence-electron chi connectivity index (χ2n) is 5.12. The van der Waals surface area contributed by atoms with Crippen LogP contribution in [0.2, 0.25) is 0 Å². The van der Waals surface area contributed by atoms with Gasteiger partial charge in [-0.25, -0.2) is 4.79 Å². The molecule has 23 heavy (non-hydrogen) atoms. The predicted octanol–water partition coefficient (Wildman–Crippen LogP) is 3.58. The van der Waals surface area contributed by atoms with Crippen LogP contribution in [0.15, 0.2) is 36.4 Å². The van der Waals surface area contributed by atoms with Crippen LogP contribution >= 0.6 is 0 Å². The molecule has 0 heterocycles. The molecule has 2 rings (SSSR count). The van der Waals surface area contributed by atoms with Gasteiger partial charge in [-0.1, -0.05) is 23.8 Å². The Labute approximate surface area is 133 Å². The van der Waals surface area contributed by atoms with E-state index < -0.39 is 10.9 Å². The van der Waals surface area contributed by atoms with Crippen molar-refractivity contribution in [2.45, 2.75) is 20.5 Å². The van der Waals surface area contributed by atoms with E-state index in [0.717, 1.165) is 5.56 Å². The summed E-state index contributed by atoms with van der Waals surface area (Å²) in [6.07, 6.45) is 0. The van der Waals surface area contributed by atoms with Crippen LogP contribution in [0.25, 0.3) is 0 Å². The highest BCUT2D eigenvalue weighted by Crippen LogP contribution is 2.25. The average Bonchev–Trinajstić information content (AvgIpc) is 2.52. The van der Waals surface area contributed by atoms with Gasteiger partial charge in [-0.3, -0.25) is 10.1 Å². The van der Waals surface area contributed by atoms with Crippen molar-refractivity contribution in [3.8, 4) is 5.75 Å². The lowest BCUT2D eigenvalue weighted by atomic mass is 10.1. The summed E-state index contributed by atoms with van der Waals surface area (Å²) in [5, 5.41) is 11.1. The zero-order valence-electron chi connectivity index (χ0n) is 13.2. The lowest BCUT2D eigenvalue weighted by Crippen LogP contribution is -2.10. The zero-order valence-corrected chi connectivity index (χ0v) is 13.2. The maximum absolute atomic E-state index is 12.3. The molecule has 0 N–H and O–H groups in total. The number of methoxy groups -OCH3 is 1. The van der Waals surface area contributed by atoms with E-state index in [-0.39, 0.29) is 17.9 Å². The number of rotatable bonds is 5. The number of nitrogens with zero attached hydrogens (tertiary/aromatic N) is 1. The van der Waals surface area contributed by atoms with Gasteiger partial charge >= 0.3 is 5.97 Å². The number of carbonyl (C=O) groups is 1. The summed E-state index contributed by atoms with van der Waals surface area (Å²) in [5.74, 6) is -0.124. The number of esters is 1. The third kappa shape index (κ3) is 3.66. The highest BCUT2D eigenvalue weighted by molar-refractivity contribution is 5.95. The minimum atomic E-state index is -0.724. The fourth-order valence-corrected chi connectivity index (χ4v) is 2.31. The van der Waals surface area contributed by atoms with Crippen LogP contribution in [0, 0.1) is 24.0 Å². The van der Waals surface area contributed by atoms with Gasteiger partial charge in [0.15, 0.2) is 0 Å². The molecule has 0 aliphatic heterocycles. The molecule has 6 heteroatoms. The first-order chi connectivity index (χ1) is 10.9. The third-order valence-electron chi connectivity index (χ3n) is 3.45. The van der Waals surface area contributed by atoms with Crippen LogP contribution in [0.4, 0.5) is 5.69 Å². The molecule has 120 valence electrons. The number of nitro benzene ring substituents is 1. The minimum absolute atomic E-state index is 0.0187. The molecule has 2 aromatic rings. The van der Waals surface area contributed by atoms with E-state index in [9.17, 15) is 14.9 Å². The molecule has 0 amide bonds. The van der Waals surface area contributed by atoms with Gasteiger partial charge in [0.2, 0.25) is 0 Å². The molecular weight excluding hydrogens is 298 g/mol. The van der Waals surface area contributed by atoms with Crippen molar-refractivity contribution >= 4 is 11.7 Å². The van der Waals surface area contributed by atoms with Crippen LogP contribution in [0.3, 0.4) is 0 Å². The Morgan fingerprint density at radius 1 is 1.22 bits per heavy atom. The molecule has 0 radical (unpaired) electrons. The molecule has 0 saturated heterocycles. The first-order valence-corrected chi connectivity index (χ1v) is 6.98. The van der Waals surface area contributed by atoms with Gasteiger partial charge in [-0.2, -0.15) is 0 Å². The van der Waals surface area contributed by atoms with Gasteiger partial charge in [0.1, 0.15) is 17.9 Å². The van der Waals surface area contributed by atoms with Gasteiger partial charge in [-0.05, 0) is 31.5 Å². The highest BCUT2D eigenvalue weighted by Gasteiger charge is 2.23. The maximum Gasteiger partial charge on any atom is 0.345 e. The van der Waals surface area contributed by atoms with Gasteiger partial charge < -0.3 is 9.47 Å². The van der Waals surface area contributed by atoms with Crippen molar-refractivity contribution in [2.24, 2.45) is 0 Å². The van der Waals surface area contributed by atoms with Crippen molar-refractivity contribution in [1.82, 2.24) is 0 Å². The van der Waals surface area contributed by atoms with Crippen molar-refractivity contribution in [3.63, 3.8) is 0 Å². The number of carbonyl (C=O) groups excluding carboxylic acids is 1. The number of nitro groups is 1. The maximum atomic E-state index is 12.3. The Morgan fingerprint density at radius 2 is 1.96 bits per heavy atom. The first kappa shape index (κ1) is 16.5. The molecule has 0 atom stereocenters. The van der Waals surface area contributed by atoms with Crippen LogP contribution in [-0.2, 0) is 11.3 Å². The lowest BCUT2D eigenvalue weighted by molar-refractivity contribution is -0.385. The fraction of sp³-hybridized carbons (Fsp3) is 0.235. The van der Waals surface area contributed by atoms with E-state index >= 15 is 0 Å². The van der Waals surface area contributed by atoms with Crippen LogP contribution in [0.1, 0.15) is 27.0 Å². The summed E-state index contributed by atoms with van der Waals surface area (Å²) in [6.45, 7) is 3.53. The summed E-state index contributed by atoms with van der Waals surface area (Å²) in [4.78, 5) is 22.8. The quantitative estimate of drug-likeness (QED) is 0.479. The van der Waals surface area contributed by atoms with Crippen molar-refractivity contribution in [3.05, 3.63) is 68.8 Å². The van der Waals surface area contributed by atoms with Crippen LogP contribution in [-0.4, -0.2) is 18.0 Å². The highest BCUT2D eigenvalue weighted by atomic mass is 16.6. The molecule has 0 aromatic heterocycles. The number of ether oxygens (including phenoxy) is 2. The van der Waals surface area contributed by atoms with Crippen LogP contribution in [0.5, 0.6) is 5.75 Å². The van der Waals surface area contributed by atoms with E-state index in [1.165, 1.54) is 19.2 Å².